The molecule has 9 heteroatoms. The summed E-state index contributed by atoms with van der Waals surface area (Å²) < 4.78 is 5.38. The van der Waals surface area contributed by atoms with Crippen molar-refractivity contribution in [3.8, 4) is 10.4 Å². The van der Waals surface area contributed by atoms with Gasteiger partial charge in [-0.05, 0) is 30.9 Å². The Morgan fingerprint density at radius 2 is 2.00 bits per heavy atom. The lowest BCUT2D eigenvalue weighted by atomic mass is 9.91. The van der Waals surface area contributed by atoms with Gasteiger partial charge < -0.3 is 19.8 Å². The maximum absolute atomic E-state index is 13.5. The Labute approximate surface area is 203 Å². The van der Waals surface area contributed by atoms with Gasteiger partial charge in [0.25, 0.3) is 0 Å². The fraction of sp³-hybridized carbons (Fsp3) is 0.440. The van der Waals surface area contributed by atoms with Crippen molar-refractivity contribution in [1.29, 1.82) is 0 Å². The minimum absolute atomic E-state index is 0.0537. The van der Waals surface area contributed by atoms with Gasteiger partial charge in [0.05, 0.1) is 27.9 Å². The largest absolute Gasteiger partial charge is 0.391 e. The van der Waals surface area contributed by atoms with Gasteiger partial charge in [-0.25, -0.2) is 4.98 Å². The first-order valence-corrected chi connectivity index (χ1v) is 12.3. The summed E-state index contributed by atoms with van der Waals surface area (Å²) in [4.78, 5) is 33.4. The van der Waals surface area contributed by atoms with Crippen molar-refractivity contribution in [2.24, 2.45) is 5.92 Å². The van der Waals surface area contributed by atoms with Gasteiger partial charge in [-0.15, -0.1) is 11.3 Å². The minimum Gasteiger partial charge on any atom is -0.391 e. The van der Waals surface area contributed by atoms with E-state index in [9.17, 15) is 14.7 Å². The Morgan fingerprint density at radius 1 is 1.26 bits per heavy atom. The highest BCUT2D eigenvalue weighted by Crippen LogP contribution is 2.31. The topological polar surface area (TPSA) is 109 Å². The van der Waals surface area contributed by atoms with Crippen LogP contribution in [-0.2, 0) is 16.1 Å². The molecule has 4 rings (SSSR count). The molecule has 0 unspecified atom stereocenters. The summed E-state index contributed by atoms with van der Waals surface area (Å²) in [6, 6.07) is 9.01. The number of β-amino-alcohol motifs (C(OH)–C–C–N with tert-alkyl or cyclic N) is 1. The lowest BCUT2D eigenvalue weighted by molar-refractivity contribution is -0.141. The summed E-state index contributed by atoms with van der Waals surface area (Å²) in [7, 11) is 0. The van der Waals surface area contributed by atoms with E-state index in [4.69, 9.17) is 4.52 Å². The number of thiazole rings is 1. The van der Waals surface area contributed by atoms with Gasteiger partial charge in [-0.2, -0.15) is 0 Å². The van der Waals surface area contributed by atoms with E-state index in [1.807, 2.05) is 50.5 Å². The molecule has 3 atom stereocenters. The number of carbonyl (C=O) groups is 2. The molecule has 2 N–H and O–H groups in total. The van der Waals surface area contributed by atoms with Crippen LogP contribution in [0, 0.1) is 19.8 Å². The molecule has 0 aliphatic carbocycles. The number of benzene rings is 1. The molecule has 2 aromatic heterocycles. The standard InChI is InChI=1S/C25H30N4O4S/c1-14(2)22(21-9-15(3)28-33-21)25(32)29-12-19(30)10-20(29)24(31)26-11-17-5-7-18(8-6-17)23-16(4)27-13-34-23/h5-9,13-14,19-20,22,30H,10-12H2,1-4H3,(H,26,31)/t19-,20+,22-/m1/s1. The van der Waals surface area contributed by atoms with Gasteiger partial charge in [-0.3, -0.25) is 9.59 Å². The lowest BCUT2D eigenvalue weighted by Crippen LogP contribution is -2.48. The molecule has 1 aliphatic rings. The second kappa shape index (κ2) is 10.1. The third kappa shape index (κ3) is 5.05. The first kappa shape index (κ1) is 24.1. The zero-order valence-corrected chi connectivity index (χ0v) is 20.6. The average molecular weight is 483 g/mol. The molecule has 0 saturated carbocycles. The Morgan fingerprint density at radius 3 is 2.59 bits per heavy atom. The van der Waals surface area contributed by atoms with Gasteiger partial charge in [0.15, 0.2) is 0 Å². The monoisotopic (exact) mass is 482 g/mol. The van der Waals surface area contributed by atoms with E-state index >= 15 is 0 Å². The van der Waals surface area contributed by atoms with Crippen molar-refractivity contribution < 1.29 is 19.2 Å². The van der Waals surface area contributed by atoms with Crippen LogP contribution in [0.5, 0.6) is 0 Å². The highest BCUT2D eigenvalue weighted by molar-refractivity contribution is 7.13. The normalized spacial score (nSPS) is 18.9. The molecular formula is C25H30N4O4S. The van der Waals surface area contributed by atoms with Gasteiger partial charge in [-0.1, -0.05) is 43.3 Å². The quantitative estimate of drug-likeness (QED) is 0.534. The van der Waals surface area contributed by atoms with Crippen LogP contribution in [-0.4, -0.2) is 50.7 Å². The van der Waals surface area contributed by atoms with Crippen molar-refractivity contribution in [3.05, 3.63) is 58.6 Å². The number of likely N-dealkylation sites (tertiary alicyclic amines) is 1. The third-order valence-electron chi connectivity index (χ3n) is 6.18. The molecule has 0 bridgehead atoms. The van der Waals surface area contributed by atoms with Crippen LogP contribution in [0.4, 0.5) is 0 Å². The molecule has 34 heavy (non-hydrogen) atoms. The minimum atomic E-state index is -0.745. The van der Waals surface area contributed by atoms with Crippen LogP contribution >= 0.6 is 11.3 Å². The maximum atomic E-state index is 13.5. The Hall–Kier alpha value is -3.04. The molecule has 1 fully saturated rings. The average Bonchev–Trinajstić information content (AvgIpc) is 3.52. The smallest absolute Gasteiger partial charge is 0.243 e. The van der Waals surface area contributed by atoms with Crippen LogP contribution in [0.15, 0.2) is 40.4 Å². The highest BCUT2D eigenvalue weighted by atomic mass is 32.1. The van der Waals surface area contributed by atoms with Crippen molar-refractivity contribution in [3.63, 3.8) is 0 Å². The fourth-order valence-electron chi connectivity index (χ4n) is 4.41. The SMILES string of the molecule is Cc1cc([C@H](C(=O)N2C[C@H](O)C[C@H]2C(=O)NCc2ccc(-c3scnc3C)cc2)C(C)C)on1. The van der Waals surface area contributed by atoms with Gasteiger partial charge >= 0.3 is 0 Å². The number of aliphatic hydroxyl groups excluding tert-OH is 1. The number of nitrogens with one attached hydrogen (secondary N) is 1. The molecule has 0 spiro atoms. The number of aliphatic hydroxyl groups is 1. The number of rotatable bonds is 7. The van der Waals surface area contributed by atoms with E-state index in [0.717, 1.165) is 21.7 Å². The maximum Gasteiger partial charge on any atom is 0.243 e. The molecule has 0 radical (unpaired) electrons. The number of hydrogen-bond donors (Lipinski definition) is 2. The fourth-order valence-corrected chi connectivity index (χ4v) is 5.22. The van der Waals surface area contributed by atoms with Crippen molar-refractivity contribution in [2.45, 2.75) is 58.7 Å². The number of carbonyl (C=O) groups excluding carboxylic acids is 2. The number of nitrogens with zero attached hydrogens (tertiary/aromatic N) is 3. The van der Waals surface area contributed by atoms with Gasteiger partial charge in [0, 0.05) is 25.6 Å². The summed E-state index contributed by atoms with van der Waals surface area (Å²) in [5, 5.41) is 17.1. The number of aryl methyl sites for hydroxylation is 2. The molecule has 8 nitrogen and oxygen atoms in total. The highest BCUT2D eigenvalue weighted by Gasteiger charge is 2.43. The van der Waals surface area contributed by atoms with Crippen LogP contribution in [0.3, 0.4) is 0 Å². The van der Waals surface area contributed by atoms with E-state index in [1.165, 1.54) is 4.90 Å². The lowest BCUT2D eigenvalue weighted by Gasteiger charge is -2.28. The summed E-state index contributed by atoms with van der Waals surface area (Å²) in [5.41, 5.74) is 5.56. The predicted octanol–water partition coefficient (Wildman–Crippen LogP) is 3.43. The Balaban J connectivity index is 1.43. The number of aromatic nitrogens is 2. The summed E-state index contributed by atoms with van der Waals surface area (Å²) in [6.45, 7) is 8.10. The van der Waals surface area contributed by atoms with E-state index in [-0.39, 0.29) is 30.7 Å². The summed E-state index contributed by atoms with van der Waals surface area (Å²) in [6.07, 6.45) is -0.535. The van der Waals surface area contributed by atoms with Crippen molar-refractivity contribution >= 4 is 23.2 Å². The van der Waals surface area contributed by atoms with Crippen molar-refractivity contribution in [2.75, 3.05) is 6.54 Å². The summed E-state index contributed by atoms with van der Waals surface area (Å²) >= 11 is 1.60. The second-order valence-corrected chi connectivity index (χ2v) is 10.0. The second-order valence-electron chi connectivity index (χ2n) is 9.17. The molecule has 1 aliphatic heterocycles. The van der Waals surface area contributed by atoms with Crippen molar-refractivity contribution in [1.82, 2.24) is 20.4 Å². The molecule has 3 heterocycles. The zero-order valence-electron chi connectivity index (χ0n) is 19.8. The van der Waals surface area contributed by atoms with E-state index in [1.54, 1.807) is 24.3 Å². The molecular weight excluding hydrogens is 452 g/mol. The Kier molecular flexibility index (Phi) is 7.13. The van der Waals surface area contributed by atoms with Crippen LogP contribution in [0.2, 0.25) is 0 Å². The van der Waals surface area contributed by atoms with Gasteiger partial charge in [0.1, 0.15) is 17.7 Å². The summed E-state index contributed by atoms with van der Waals surface area (Å²) in [5.74, 6) is -0.642. The molecule has 180 valence electrons. The number of hydrogen-bond acceptors (Lipinski definition) is 7. The predicted molar refractivity (Wildman–Crippen MR) is 129 cm³/mol. The van der Waals surface area contributed by atoms with Crippen LogP contribution < -0.4 is 5.32 Å². The zero-order chi connectivity index (χ0) is 24.4. The molecule has 3 aromatic rings. The van der Waals surface area contributed by atoms with Gasteiger partial charge in [0.2, 0.25) is 11.8 Å². The van der Waals surface area contributed by atoms with E-state index in [0.29, 0.717) is 18.0 Å². The number of amides is 2. The van der Waals surface area contributed by atoms with E-state index < -0.39 is 18.1 Å². The van der Waals surface area contributed by atoms with Crippen LogP contribution in [0.1, 0.15) is 48.9 Å². The first-order chi connectivity index (χ1) is 16.2. The molecule has 1 saturated heterocycles. The molecule has 1 aromatic carbocycles. The molecule has 2 amide bonds. The van der Waals surface area contributed by atoms with Crippen LogP contribution in [0.25, 0.3) is 10.4 Å². The Bertz CT molecular complexity index is 1150. The van der Waals surface area contributed by atoms with E-state index in [2.05, 4.69) is 15.5 Å². The third-order valence-corrected chi connectivity index (χ3v) is 7.16. The first-order valence-electron chi connectivity index (χ1n) is 11.4.